The molecule has 0 bridgehead atoms. The summed E-state index contributed by atoms with van der Waals surface area (Å²) in [5.41, 5.74) is 4.71. The Morgan fingerprint density at radius 3 is 2.40 bits per heavy atom. The molecule has 0 saturated carbocycles. The Bertz CT molecular complexity index is 635. The average Bonchev–Trinajstić information content (AvgIpc) is 2.86. The molecule has 102 valence electrons. The molecule has 0 aromatic heterocycles. The number of carbonyl (C=O) groups excluding carboxylic acids is 1. The lowest BCUT2D eigenvalue weighted by atomic mass is 9.95. The SMILES string of the molecule is Cc1ccc(CC(=O)C2Cc3ccccc3C2)c(Cl)c1. The molecule has 0 amide bonds. The summed E-state index contributed by atoms with van der Waals surface area (Å²) in [7, 11) is 0. The van der Waals surface area contributed by atoms with Crippen molar-refractivity contribution in [2.45, 2.75) is 26.2 Å². The zero-order chi connectivity index (χ0) is 14.1. The highest BCUT2D eigenvalue weighted by Gasteiger charge is 2.27. The van der Waals surface area contributed by atoms with E-state index in [0.29, 0.717) is 17.2 Å². The van der Waals surface area contributed by atoms with Gasteiger partial charge in [0.25, 0.3) is 0 Å². The number of benzene rings is 2. The van der Waals surface area contributed by atoms with Gasteiger partial charge in [0.05, 0.1) is 0 Å². The van der Waals surface area contributed by atoms with Gasteiger partial charge in [0.15, 0.2) is 0 Å². The number of hydrogen-bond acceptors (Lipinski definition) is 1. The fourth-order valence-electron chi connectivity index (χ4n) is 2.91. The molecule has 1 nitrogen and oxygen atoms in total. The Balaban J connectivity index is 1.72. The molecule has 2 aromatic carbocycles. The average molecular weight is 285 g/mol. The molecule has 1 aliphatic carbocycles. The second-order valence-corrected chi connectivity index (χ2v) is 6.02. The van der Waals surface area contributed by atoms with Crippen LogP contribution < -0.4 is 0 Å². The Labute approximate surface area is 124 Å². The van der Waals surface area contributed by atoms with E-state index in [1.807, 2.05) is 37.3 Å². The zero-order valence-corrected chi connectivity index (χ0v) is 12.3. The summed E-state index contributed by atoms with van der Waals surface area (Å²) in [4.78, 5) is 12.5. The number of ketones is 1. The smallest absolute Gasteiger partial charge is 0.141 e. The Morgan fingerprint density at radius 2 is 1.80 bits per heavy atom. The number of fused-ring (bicyclic) bond motifs is 1. The number of carbonyl (C=O) groups is 1. The normalized spacial score (nSPS) is 14.3. The molecule has 0 fully saturated rings. The molecule has 0 saturated heterocycles. The molecule has 2 heteroatoms. The van der Waals surface area contributed by atoms with Crippen molar-refractivity contribution in [2.75, 3.05) is 0 Å². The summed E-state index contributed by atoms with van der Waals surface area (Å²) in [5, 5.41) is 0.703. The minimum atomic E-state index is 0.116. The summed E-state index contributed by atoms with van der Waals surface area (Å²) in [5.74, 6) is 0.414. The monoisotopic (exact) mass is 284 g/mol. The summed E-state index contributed by atoms with van der Waals surface area (Å²) >= 11 is 6.22. The maximum atomic E-state index is 12.5. The van der Waals surface area contributed by atoms with E-state index in [2.05, 4.69) is 12.1 Å². The van der Waals surface area contributed by atoms with Gasteiger partial charge in [-0.25, -0.2) is 0 Å². The standard InChI is InChI=1S/C18H17ClO/c1-12-6-7-15(17(19)8-12)11-18(20)16-9-13-4-2-3-5-14(13)10-16/h2-8,16H,9-11H2,1H3. The lowest BCUT2D eigenvalue weighted by Crippen LogP contribution is -2.17. The van der Waals surface area contributed by atoms with Crippen LogP contribution >= 0.6 is 11.6 Å². The van der Waals surface area contributed by atoms with Gasteiger partial charge >= 0.3 is 0 Å². The highest BCUT2D eigenvalue weighted by atomic mass is 35.5. The Morgan fingerprint density at radius 1 is 1.15 bits per heavy atom. The quantitative estimate of drug-likeness (QED) is 0.826. The van der Waals surface area contributed by atoms with Crippen molar-refractivity contribution in [2.24, 2.45) is 5.92 Å². The van der Waals surface area contributed by atoms with Crippen LogP contribution in [-0.4, -0.2) is 5.78 Å². The third kappa shape index (κ3) is 2.64. The summed E-state index contributed by atoms with van der Waals surface area (Å²) in [6, 6.07) is 14.2. The molecule has 0 atom stereocenters. The van der Waals surface area contributed by atoms with Gasteiger partial charge in [-0.05, 0) is 48.1 Å². The first-order valence-corrected chi connectivity index (χ1v) is 7.36. The van der Waals surface area contributed by atoms with Crippen molar-refractivity contribution >= 4 is 17.4 Å². The summed E-state index contributed by atoms with van der Waals surface area (Å²) in [6.07, 6.45) is 2.19. The number of rotatable bonds is 3. The third-order valence-corrected chi connectivity index (χ3v) is 4.43. The predicted octanol–water partition coefficient (Wildman–Crippen LogP) is 4.18. The van der Waals surface area contributed by atoms with Crippen LogP contribution in [0, 0.1) is 12.8 Å². The molecule has 1 aliphatic rings. The lowest BCUT2D eigenvalue weighted by molar-refractivity contribution is -0.121. The van der Waals surface area contributed by atoms with Gasteiger partial charge in [-0.3, -0.25) is 4.79 Å². The molecule has 0 unspecified atom stereocenters. The minimum Gasteiger partial charge on any atom is -0.299 e. The second-order valence-electron chi connectivity index (χ2n) is 5.61. The topological polar surface area (TPSA) is 17.1 Å². The fourth-order valence-corrected chi connectivity index (χ4v) is 3.22. The van der Waals surface area contributed by atoms with E-state index in [1.165, 1.54) is 11.1 Å². The molecule has 2 aromatic rings. The molecular formula is C18H17ClO. The number of halogens is 1. The van der Waals surface area contributed by atoms with Gasteiger partial charge < -0.3 is 0 Å². The first-order valence-electron chi connectivity index (χ1n) is 6.98. The van der Waals surface area contributed by atoms with E-state index < -0.39 is 0 Å². The first-order chi connectivity index (χ1) is 9.63. The molecular weight excluding hydrogens is 268 g/mol. The van der Waals surface area contributed by atoms with Gasteiger partial charge in [0, 0.05) is 17.4 Å². The number of aryl methyl sites for hydroxylation is 1. The molecule has 0 heterocycles. The van der Waals surface area contributed by atoms with Crippen molar-refractivity contribution in [1.82, 2.24) is 0 Å². The van der Waals surface area contributed by atoms with Crippen LogP contribution in [0.5, 0.6) is 0 Å². The van der Waals surface area contributed by atoms with Crippen LogP contribution in [0.25, 0.3) is 0 Å². The maximum Gasteiger partial charge on any atom is 0.141 e. The van der Waals surface area contributed by atoms with Crippen molar-refractivity contribution in [3.63, 3.8) is 0 Å². The maximum absolute atomic E-state index is 12.5. The van der Waals surface area contributed by atoms with Gasteiger partial charge in [-0.2, -0.15) is 0 Å². The third-order valence-electron chi connectivity index (χ3n) is 4.08. The number of hydrogen-bond donors (Lipinski definition) is 0. The minimum absolute atomic E-state index is 0.116. The summed E-state index contributed by atoms with van der Waals surface area (Å²) < 4.78 is 0. The number of Topliss-reactive ketones (excluding diaryl/α,β-unsaturated/α-hetero) is 1. The van der Waals surface area contributed by atoms with E-state index in [9.17, 15) is 4.79 Å². The van der Waals surface area contributed by atoms with Crippen molar-refractivity contribution < 1.29 is 4.79 Å². The van der Waals surface area contributed by atoms with Crippen LogP contribution in [-0.2, 0) is 24.1 Å². The molecule has 20 heavy (non-hydrogen) atoms. The lowest BCUT2D eigenvalue weighted by Gasteiger charge is -2.09. The van der Waals surface area contributed by atoms with Crippen LogP contribution in [0.15, 0.2) is 42.5 Å². The van der Waals surface area contributed by atoms with E-state index >= 15 is 0 Å². The largest absolute Gasteiger partial charge is 0.299 e. The van der Waals surface area contributed by atoms with Crippen molar-refractivity contribution in [3.05, 3.63) is 69.7 Å². The van der Waals surface area contributed by atoms with Gasteiger partial charge in [-0.1, -0.05) is 48.0 Å². The van der Waals surface area contributed by atoms with Crippen LogP contribution in [0.1, 0.15) is 22.3 Å². The van der Waals surface area contributed by atoms with E-state index in [-0.39, 0.29) is 5.92 Å². The van der Waals surface area contributed by atoms with Gasteiger partial charge in [-0.15, -0.1) is 0 Å². The Kier molecular flexibility index (Phi) is 3.62. The molecule has 0 aliphatic heterocycles. The van der Waals surface area contributed by atoms with E-state index in [4.69, 9.17) is 11.6 Å². The van der Waals surface area contributed by atoms with Gasteiger partial charge in [0.2, 0.25) is 0 Å². The second kappa shape index (κ2) is 5.41. The molecule has 0 N–H and O–H groups in total. The Hall–Kier alpha value is -1.60. The van der Waals surface area contributed by atoms with Crippen molar-refractivity contribution in [3.8, 4) is 0 Å². The molecule has 0 spiro atoms. The van der Waals surface area contributed by atoms with Crippen LogP contribution in [0.4, 0.5) is 0 Å². The van der Waals surface area contributed by atoms with E-state index in [1.54, 1.807) is 0 Å². The van der Waals surface area contributed by atoms with E-state index in [0.717, 1.165) is 24.0 Å². The highest BCUT2D eigenvalue weighted by molar-refractivity contribution is 6.31. The fraction of sp³-hybridized carbons (Fsp3) is 0.278. The van der Waals surface area contributed by atoms with Crippen molar-refractivity contribution in [1.29, 1.82) is 0 Å². The molecule has 3 rings (SSSR count). The highest BCUT2D eigenvalue weighted by Crippen LogP contribution is 2.28. The first kappa shape index (κ1) is 13.4. The summed E-state index contributed by atoms with van der Waals surface area (Å²) in [6.45, 7) is 2.01. The van der Waals surface area contributed by atoms with Crippen LogP contribution in [0.3, 0.4) is 0 Å². The van der Waals surface area contributed by atoms with Crippen LogP contribution in [0.2, 0.25) is 5.02 Å². The van der Waals surface area contributed by atoms with Gasteiger partial charge in [0.1, 0.15) is 5.78 Å². The molecule has 0 radical (unpaired) electrons. The zero-order valence-electron chi connectivity index (χ0n) is 11.5. The predicted molar refractivity (Wildman–Crippen MR) is 82.2 cm³/mol.